The molecule has 0 atom stereocenters. The first-order chi connectivity index (χ1) is 14.6. The highest BCUT2D eigenvalue weighted by Gasteiger charge is 2.25. The van der Waals surface area contributed by atoms with Crippen LogP contribution in [0.5, 0.6) is 0 Å². The number of fused-ring (bicyclic) bond motifs is 3. The number of hydrogen-bond donors (Lipinski definition) is 0. The number of esters is 1. The Morgan fingerprint density at radius 1 is 1.07 bits per heavy atom. The topological polar surface area (TPSA) is 90.2 Å². The van der Waals surface area contributed by atoms with E-state index in [-0.39, 0.29) is 12.3 Å². The van der Waals surface area contributed by atoms with Gasteiger partial charge in [0.1, 0.15) is 5.52 Å². The largest absolute Gasteiger partial charge is 0.439 e. The molecular formula is C22H19N5O3. The van der Waals surface area contributed by atoms with Gasteiger partial charge >= 0.3 is 5.97 Å². The molecule has 2 aromatic carbocycles. The van der Waals surface area contributed by atoms with Crippen LogP contribution in [0, 0.1) is 0 Å². The molecule has 2 aromatic heterocycles. The lowest BCUT2D eigenvalue weighted by Crippen LogP contribution is -2.30. The molecule has 4 aromatic rings. The predicted molar refractivity (Wildman–Crippen MR) is 111 cm³/mol. The second-order valence-corrected chi connectivity index (χ2v) is 7.39. The van der Waals surface area contributed by atoms with Gasteiger partial charge in [0.2, 0.25) is 0 Å². The summed E-state index contributed by atoms with van der Waals surface area (Å²) in [6.45, 7) is 1.19. The standard InChI is InChI=1S/C22H19N5O3/c1-26-11-10-18-16(12-26)20(14-6-2-4-8-17(14)23-18)22(29)30-13-27-21(28)15-7-3-5-9-19(15)24-25-27/h2-9H,10-13H2,1H3. The fourth-order valence-electron chi connectivity index (χ4n) is 3.86. The van der Waals surface area contributed by atoms with Crippen molar-refractivity contribution in [2.24, 2.45) is 0 Å². The number of benzene rings is 2. The molecule has 0 N–H and O–H groups in total. The number of carbonyl (C=O) groups excluding carboxylic acids is 1. The summed E-state index contributed by atoms with van der Waals surface area (Å²) in [4.78, 5) is 32.7. The summed E-state index contributed by atoms with van der Waals surface area (Å²) in [5.74, 6) is -0.498. The third kappa shape index (κ3) is 3.11. The van der Waals surface area contributed by atoms with Gasteiger partial charge in [0.25, 0.3) is 5.56 Å². The van der Waals surface area contributed by atoms with Gasteiger partial charge in [-0.05, 0) is 25.2 Å². The van der Waals surface area contributed by atoms with Gasteiger partial charge in [0.05, 0.1) is 16.5 Å². The average Bonchev–Trinajstić information content (AvgIpc) is 2.77. The summed E-state index contributed by atoms with van der Waals surface area (Å²) in [5, 5.41) is 9.09. The van der Waals surface area contributed by atoms with Crippen molar-refractivity contribution in [3.05, 3.63) is 75.7 Å². The Morgan fingerprint density at radius 3 is 2.63 bits per heavy atom. The number of aromatic nitrogens is 4. The lowest BCUT2D eigenvalue weighted by Gasteiger charge is -2.26. The van der Waals surface area contributed by atoms with E-state index in [1.54, 1.807) is 24.3 Å². The van der Waals surface area contributed by atoms with Crippen LogP contribution in [0.1, 0.15) is 21.6 Å². The number of nitrogens with zero attached hydrogens (tertiary/aromatic N) is 5. The van der Waals surface area contributed by atoms with Crippen molar-refractivity contribution >= 4 is 27.8 Å². The van der Waals surface area contributed by atoms with Crippen LogP contribution >= 0.6 is 0 Å². The second kappa shape index (κ2) is 7.31. The second-order valence-electron chi connectivity index (χ2n) is 7.39. The SMILES string of the molecule is CN1CCc2nc3ccccc3c(C(=O)OCn3nnc4ccccc4c3=O)c2C1. The zero-order chi connectivity index (χ0) is 20.7. The van der Waals surface area contributed by atoms with Crippen molar-refractivity contribution in [1.29, 1.82) is 0 Å². The van der Waals surface area contributed by atoms with Gasteiger partial charge in [-0.1, -0.05) is 35.5 Å². The molecule has 3 heterocycles. The Morgan fingerprint density at radius 2 is 1.80 bits per heavy atom. The number of para-hydroxylation sites is 1. The summed E-state index contributed by atoms with van der Waals surface area (Å²) in [6, 6.07) is 14.5. The monoisotopic (exact) mass is 401 g/mol. The summed E-state index contributed by atoms with van der Waals surface area (Å²) in [5.41, 5.74) is 3.21. The number of likely N-dealkylation sites (N-methyl/N-ethyl adjacent to an activating group) is 1. The molecule has 8 nitrogen and oxygen atoms in total. The first-order valence-electron chi connectivity index (χ1n) is 9.70. The molecule has 8 heteroatoms. The van der Waals surface area contributed by atoms with E-state index in [4.69, 9.17) is 9.72 Å². The van der Waals surface area contributed by atoms with E-state index in [9.17, 15) is 9.59 Å². The lowest BCUT2D eigenvalue weighted by molar-refractivity contribution is 0.0335. The van der Waals surface area contributed by atoms with Crippen LogP contribution in [0.3, 0.4) is 0 Å². The van der Waals surface area contributed by atoms with Crippen LogP contribution in [0.25, 0.3) is 21.8 Å². The molecule has 1 aliphatic heterocycles. The number of carbonyl (C=O) groups is 1. The maximum atomic E-state index is 13.2. The molecule has 0 aliphatic carbocycles. The molecule has 0 amide bonds. The van der Waals surface area contributed by atoms with E-state index in [0.29, 0.717) is 23.0 Å². The molecule has 0 spiro atoms. The smallest absolute Gasteiger partial charge is 0.341 e. The third-order valence-electron chi connectivity index (χ3n) is 5.39. The third-order valence-corrected chi connectivity index (χ3v) is 5.39. The highest BCUT2D eigenvalue weighted by Crippen LogP contribution is 2.28. The fourth-order valence-corrected chi connectivity index (χ4v) is 3.86. The summed E-state index contributed by atoms with van der Waals surface area (Å²) in [7, 11) is 2.01. The normalized spacial score (nSPS) is 14.0. The van der Waals surface area contributed by atoms with Crippen molar-refractivity contribution in [2.75, 3.05) is 13.6 Å². The van der Waals surface area contributed by atoms with E-state index >= 15 is 0 Å². The Labute approximate surface area is 171 Å². The minimum absolute atomic E-state index is 0.309. The highest BCUT2D eigenvalue weighted by molar-refractivity contribution is 6.05. The molecule has 1 aliphatic rings. The predicted octanol–water partition coefficient (Wildman–Crippen LogP) is 2.14. The minimum atomic E-state index is -0.498. The zero-order valence-electron chi connectivity index (χ0n) is 16.4. The van der Waals surface area contributed by atoms with Gasteiger partial charge in [-0.25, -0.2) is 4.79 Å². The molecule has 0 saturated carbocycles. The van der Waals surface area contributed by atoms with Crippen LogP contribution in [0.2, 0.25) is 0 Å². The van der Waals surface area contributed by atoms with Crippen LogP contribution < -0.4 is 5.56 Å². The Bertz CT molecular complexity index is 1350. The van der Waals surface area contributed by atoms with E-state index in [1.807, 2.05) is 31.3 Å². The van der Waals surface area contributed by atoms with E-state index in [1.165, 1.54) is 0 Å². The maximum absolute atomic E-state index is 13.2. The molecule has 0 saturated heterocycles. The molecule has 150 valence electrons. The van der Waals surface area contributed by atoms with Crippen LogP contribution in [0.15, 0.2) is 53.3 Å². The molecule has 5 rings (SSSR count). The number of pyridine rings is 1. The molecule has 0 radical (unpaired) electrons. The summed E-state index contributed by atoms with van der Waals surface area (Å²) < 4.78 is 6.59. The van der Waals surface area contributed by atoms with Gasteiger partial charge < -0.3 is 9.64 Å². The van der Waals surface area contributed by atoms with Crippen molar-refractivity contribution in [3.8, 4) is 0 Å². The average molecular weight is 401 g/mol. The molecule has 0 unspecified atom stereocenters. The van der Waals surface area contributed by atoms with E-state index in [2.05, 4.69) is 15.2 Å². The molecular weight excluding hydrogens is 382 g/mol. The maximum Gasteiger partial charge on any atom is 0.341 e. The van der Waals surface area contributed by atoms with Crippen LogP contribution in [-0.4, -0.2) is 44.4 Å². The van der Waals surface area contributed by atoms with Crippen molar-refractivity contribution < 1.29 is 9.53 Å². The van der Waals surface area contributed by atoms with E-state index < -0.39 is 5.97 Å². The van der Waals surface area contributed by atoms with Crippen molar-refractivity contribution in [2.45, 2.75) is 19.7 Å². The zero-order valence-corrected chi connectivity index (χ0v) is 16.4. The van der Waals surface area contributed by atoms with E-state index in [0.717, 1.165) is 39.8 Å². The van der Waals surface area contributed by atoms with Crippen molar-refractivity contribution in [1.82, 2.24) is 24.9 Å². The van der Waals surface area contributed by atoms with Gasteiger partial charge in [-0.3, -0.25) is 9.78 Å². The van der Waals surface area contributed by atoms with Gasteiger partial charge in [-0.15, -0.1) is 5.10 Å². The minimum Gasteiger partial charge on any atom is -0.439 e. The first-order valence-corrected chi connectivity index (χ1v) is 9.70. The number of hydrogen-bond acceptors (Lipinski definition) is 7. The Hall–Kier alpha value is -3.65. The quantitative estimate of drug-likeness (QED) is 0.486. The van der Waals surface area contributed by atoms with Crippen molar-refractivity contribution in [3.63, 3.8) is 0 Å². The highest BCUT2D eigenvalue weighted by atomic mass is 16.5. The molecule has 0 fully saturated rings. The van der Waals surface area contributed by atoms with Gasteiger partial charge in [0.15, 0.2) is 6.73 Å². The summed E-state index contributed by atoms with van der Waals surface area (Å²) in [6.07, 6.45) is 0.770. The summed E-state index contributed by atoms with van der Waals surface area (Å²) >= 11 is 0. The van der Waals surface area contributed by atoms with Crippen LogP contribution in [-0.2, 0) is 24.4 Å². The molecule has 30 heavy (non-hydrogen) atoms. The van der Waals surface area contributed by atoms with Gasteiger partial charge in [-0.2, -0.15) is 4.68 Å². The van der Waals surface area contributed by atoms with Gasteiger partial charge in [0, 0.05) is 36.2 Å². The lowest BCUT2D eigenvalue weighted by atomic mass is 9.96. The fraction of sp³-hybridized carbons (Fsp3) is 0.227. The Balaban J connectivity index is 1.52. The Kier molecular flexibility index (Phi) is 4.48. The number of rotatable bonds is 3. The van der Waals surface area contributed by atoms with Crippen LogP contribution in [0.4, 0.5) is 0 Å². The number of ether oxygens (including phenoxy) is 1. The molecule has 0 bridgehead atoms. The first kappa shape index (κ1) is 18.4.